The molecule has 1 heteroatoms. The Hall–Kier alpha value is -0.300. The Kier molecular flexibility index (Phi) is 5.54. The Labute approximate surface area is 101 Å². The highest BCUT2D eigenvalue weighted by atomic mass is 14.6. The van der Waals surface area contributed by atoms with E-state index in [4.69, 9.17) is 5.73 Å². The van der Waals surface area contributed by atoms with Gasteiger partial charge in [-0.25, -0.2) is 0 Å². The van der Waals surface area contributed by atoms with Gasteiger partial charge in [-0.2, -0.15) is 0 Å². The third-order valence-corrected chi connectivity index (χ3v) is 4.08. The van der Waals surface area contributed by atoms with Crippen molar-refractivity contribution >= 4 is 0 Å². The van der Waals surface area contributed by atoms with Gasteiger partial charge in [-0.15, -0.1) is 6.58 Å². The number of nitrogens with two attached hydrogens (primary N) is 1. The van der Waals surface area contributed by atoms with E-state index in [0.717, 1.165) is 24.2 Å². The van der Waals surface area contributed by atoms with Gasteiger partial charge in [0.05, 0.1) is 0 Å². The molecule has 0 saturated heterocycles. The van der Waals surface area contributed by atoms with E-state index in [2.05, 4.69) is 33.4 Å². The molecule has 0 aliphatic heterocycles. The summed E-state index contributed by atoms with van der Waals surface area (Å²) in [6.07, 6.45) is 8.73. The van der Waals surface area contributed by atoms with E-state index in [1.54, 1.807) is 0 Å². The highest BCUT2D eigenvalue weighted by molar-refractivity contribution is 4.89. The molecule has 94 valence electrons. The van der Waals surface area contributed by atoms with Crippen LogP contribution >= 0.6 is 0 Å². The Bertz CT molecular complexity index is 199. The number of rotatable bonds is 5. The average Bonchev–Trinajstić information content (AvgIpc) is 2.16. The van der Waals surface area contributed by atoms with Crippen LogP contribution in [0.15, 0.2) is 12.7 Å². The first-order valence-corrected chi connectivity index (χ1v) is 6.91. The molecule has 1 rings (SSSR count). The summed E-state index contributed by atoms with van der Waals surface area (Å²) in [5.74, 6) is 3.34. The largest absolute Gasteiger partial charge is 0.328 e. The van der Waals surface area contributed by atoms with E-state index < -0.39 is 0 Å². The first-order chi connectivity index (χ1) is 7.52. The Morgan fingerprint density at radius 2 is 1.75 bits per heavy atom. The van der Waals surface area contributed by atoms with E-state index in [1.165, 1.54) is 25.7 Å². The van der Waals surface area contributed by atoms with Gasteiger partial charge in [-0.1, -0.05) is 19.9 Å². The summed E-state index contributed by atoms with van der Waals surface area (Å²) < 4.78 is 0. The van der Waals surface area contributed by atoms with Crippen molar-refractivity contribution in [3.63, 3.8) is 0 Å². The lowest BCUT2D eigenvalue weighted by molar-refractivity contribution is 0.174. The van der Waals surface area contributed by atoms with Gasteiger partial charge in [0.15, 0.2) is 0 Å². The van der Waals surface area contributed by atoms with Gasteiger partial charge in [0.25, 0.3) is 0 Å². The van der Waals surface area contributed by atoms with Crippen molar-refractivity contribution in [3.05, 3.63) is 12.7 Å². The predicted molar refractivity (Wildman–Crippen MR) is 72.2 cm³/mol. The summed E-state index contributed by atoms with van der Waals surface area (Å²) in [5, 5.41) is 0. The van der Waals surface area contributed by atoms with E-state index in [0.29, 0.717) is 12.0 Å². The van der Waals surface area contributed by atoms with Crippen LogP contribution < -0.4 is 5.73 Å². The third kappa shape index (κ3) is 4.29. The van der Waals surface area contributed by atoms with Gasteiger partial charge in [0, 0.05) is 6.04 Å². The molecule has 0 aromatic heterocycles. The molecule has 1 saturated carbocycles. The first kappa shape index (κ1) is 13.8. The smallest absolute Gasteiger partial charge is 0.00106 e. The molecule has 16 heavy (non-hydrogen) atoms. The zero-order valence-corrected chi connectivity index (χ0v) is 11.3. The van der Waals surface area contributed by atoms with Gasteiger partial charge in [-0.05, 0) is 62.7 Å². The van der Waals surface area contributed by atoms with Crippen LogP contribution in [0.4, 0.5) is 0 Å². The summed E-state index contributed by atoms with van der Waals surface area (Å²) in [6, 6.07) is 0.334. The van der Waals surface area contributed by atoms with E-state index >= 15 is 0 Å². The quantitative estimate of drug-likeness (QED) is 0.701. The minimum Gasteiger partial charge on any atom is -0.328 e. The standard InChI is InChI=1S/C15H29N/c1-5-14(7-6-13(4)16)15-9-11(2)8-12(3)10-15/h5,11-15H,1,6-10,16H2,2-4H3. The van der Waals surface area contributed by atoms with E-state index in [1.807, 2.05) is 0 Å². The second-order valence-electron chi connectivity index (χ2n) is 6.13. The van der Waals surface area contributed by atoms with Crippen LogP contribution in [-0.2, 0) is 0 Å². The van der Waals surface area contributed by atoms with Crippen LogP contribution in [0, 0.1) is 23.7 Å². The van der Waals surface area contributed by atoms with Crippen LogP contribution in [0.3, 0.4) is 0 Å². The van der Waals surface area contributed by atoms with Gasteiger partial charge >= 0.3 is 0 Å². The summed E-state index contributed by atoms with van der Waals surface area (Å²) in [5.41, 5.74) is 5.85. The second-order valence-corrected chi connectivity index (χ2v) is 6.13. The maximum Gasteiger partial charge on any atom is 0.00106 e. The molecule has 0 bridgehead atoms. The van der Waals surface area contributed by atoms with Gasteiger partial charge < -0.3 is 5.73 Å². The van der Waals surface area contributed by atoms with Crippen LogP contribution in [0.25, 0.3) is 0 Å². The predicted octanol–water partition coefficient (Wildman–Crippen LogP) is 3.99. The summed E-state index contributed by atoms with van der Waals surface area (Å²) in [6.45, 7) is 10.9. The molecule has 4 unspecified atom stereocenters. The molecule has 0 amide bonds. The average molecular weight is 223 g/mol. The monoisotopic (exact) mass is 223 g/mol. The number of allylic oxidation sites excluding steroid dienone is 1. The fraction of sp³-hybridized carbons (Fsp3) is 0.867. The number of hydrogen-bond acceptors (Lipinski definition) is 1. The van der Waals surface area contributed by atoms with E-state index in [-0.39, 0.29) is 0 Å². The molecule has 0 heterocycles. The third-order valence-electron chi connectivity index (χ3n) is 4.08. The molecule has 2 N–H and O–H groups in total. The fourth-order valence-electron chi connectivity index (χ4n) is 3.36. The molecule has 0 spiro atoms. The lowest BCUT2D eigenvalue weighted by Crippen LogP contribution is -2.26. The molecular formula is C15H29N. The lowest BCUT2D eigenvalue weighted by atomic mass is 9.70. The maximum atomic E-state index is 5.85. The van der Waals surface area contributed by atoms with Crippen LogP contribution in [-0.4, -0.2) is 6.04 Å². The normalized spacial score (nSPS) is 34.4. The Morgan fingerprint density at radius 1 is 1.19 bits per heavy atom. The van der Waals surface area contributed by atoms with Crippen molar-refractivity contribution in [1.29, 1.82) is 0 Å². The molecule has 1 nitrogen and oxygen atoms in total. The SMILES string of the molecule is C=CC(CCC(C)N)C1CC(C)CC(C)C1. The van der Waals surface area contributed by atoms with Crippen molar-refractivity contribution in [2.24, 2.45) is 29.4 Å². The minimum atomic E-state index is 0.334. The molecule has 0 aromatic rings. The summed E-state index contributed by atoms with van der Waals surface area (Å²) in [4.78, 5) is 0. The molecule has 1 aliphatic carbocycles. The molecular weight excluding hydrogens is 194 g/mol. The Balaban J connectivity index is 2.47. The van der Waals surface area contributed by atoms with Crippen LogP contribution in [0.1, 0.15) is 52.9 Å². The zero-order valence-electron chi connectivity index (χ0n) is 11.3. The molecule has 1 fully saturated rings. The molecule has 0 aromatic carbocycles. The Morgan fingerprint density at radius 3 is 2.19 bits per heavy atom. The van der Waals surface area contributed by atoms with Crippen LogP contribution in [0.5, 0.6) is 0 Å². The summed E-state index contributed by atoms with van der Waals surface area (Å²) in [7, 11) is 0. The number of hydrogen-bond donors (Lipinski definition) is 1. The first-order valence-electron chi connectivity index (χ1n) is 6.91. The summed E-state index contributed by atoms with van der Waals surface area (Å²) >= 11 is 0. The van der Waals surface area contributed by atoms with Crippen molar-refractivity contribution in [2.45, 2.75) is 58.9 Å². The second kappa shape index (κ2) is 6.44. The van der Waals surface area contributed by atoms with Crippen molar-refractivity contribution in [3.8, 4) is 0 Å². The minimum absolute atomic E-state index is 0.334. The van der Waals surface area contributed by atoms with Crippen LogP contribution in [0.2, 0.25) is 0 Å². The molecule has 4 atom stereocenters. The van der Waals surface area contributed by atoms with Crippen molar-refractivity contribution < 1.29 is 0 Å². The van der Waals surface area contributed by atoms with Gasteiger partial charge in [-0.3, -0.25) is 0 Å². The zero-order chi connectivity index (χ0) is 12.1. The van der Waals surface area contributed by atoms with Gasteiger partial charge in [0.1, 0.15) is 0 Å². The molecule has 0 radical (unpaired) electrons. The fourth-order valence-corrected chi connectivity index (χ4v) is 3.36. The topological polar surface area (TPSA) is 26.0 Å². The lowest BCUT2D eigenvalue weighted by Gasteiger charge is -2.35. The van der Waals surface area contributed by atoms with Crippen molar-refractivity contribution in [2.75, 3.05) is 0 Å². The maximum absolute atomic E-state index is 5.85. The highest BCUT2D eigenvalue weighted by Crippen LogP contribution is 2.38. The highest BCUT2D eigenvalue weighted by Gasteiger charge is 2.28. The van der Waals surface area contributed by atoms with E-state index in [9.17, 15) is 0 Å². The van der Waals surface area contributed by atoms with Gasteiger partial charge in [0.2, 0.25) is 0 Å². The van der Waals surface area contributed by atoms with Crippen molar-refractivity contribution in [1.82, 2.24) is 0 Å². The molecule has 1 aliphatic rings.